The second kappa shape index (κ2) is 10.0. The molecule has 39 heavy (non-hydrogen) atoms. The Morgan fingerprint density at radius 2 is 2.08 bits per heavy atom. The number of halogens is 1. The average molecular weight is 575 g/mol. The number of anilines is 2. The summed E-state index contributed by atoms with van der Waals surface area (Å²) in [6.45, 7) is 0.219. The van der Waals surface area contributed by atoms with E-state index >= 15 is 0 Å². The van der Waals surface area contributed by atoms with E-state index in [9.17, 15) is 39.0 Å². The molecule has 4 heterocycles. The number of allylic oxidation sites excluding steroid dienone is 1. The summed E-state index contributed by atoms with van der Waals surface area (Å²) in [5.74, 6) is -4.73. The van der Waals surface area contributed by atoms with Crippen molar-refractivity contribution in [3.8, 4) is 5.75 Å². The fraction of sp³-hybridized carbons (Fsp3) is 0.217. The Kier molecular flexibility index (Phi) is 6.73. The van der Waals surface area contributed by atoms with Gasteiger partial charge in [-0.3, -0.25) is 19.3 Å². The zero-order valence-corrected chi connectivity index (χ0v) is 21.3. The van der Waals surface area contributed by atoms with Crippen molar-refractivity contribution in [1.29, 1.82) is 0 Å². The number of benzene rings is 1. The number of nitrogens with two attached hydrogens (primary N) is 1. The van der Waals surface area contributed by atoms with E-state index in [4.69, 9.17) is 5.73 Å². The lowest BCUT2D eigenvalue weighted by Gasteiger charge is -2.49. The first-order valence-electron chi connectivity index (χ1n) is 11.3. The molecular weight excluding hydrogens is 555 g/mol. The average Bonchev–Trinajstić information content (AvgIpc) is 3.49. The number of carbonyl (C=O) groups is 4. The van der Waals surface area contributed by atoms with Crippen LogP contribution in [0.4, 0.5) is 15.2 Å². The maximum atomic E-state index is 13.8. The highest BCUT2D eigenvalue weighted by atomic mass is 32.2. The third-order valence-corrected chi connectivity index (χ3v) is 8.26. The molecule has 3 amide bonds. The molecule has 2 atom stereocenters. The number of hydrogen-bond acceptors (Lipinski definition) is 11. The molecule has 0 saturated carbocycles. The van der Waals surface area contributed by atoms with Crippen LogP contribution in [-0.2, 0) is 19.2 Å². The maximum absolute atomic E-state index is 13.8. The van der Waals surface area contributed by atoms with Gasteiger partial charge in [0.2, 0.25) is 0 Å². The third kappa shape index (κ3) is 4.57. The van der Waals surface area contributed by atoms with Crippen molar-refractivity contribution in [2.75, 3.05) is 22.9 Å². The number of thioether (sulfide) groups is 1. The summed E-state index contributed by atoms with van der Waals surface area (Å²) in [5, 5.41) is 34.8. The molecule has 0 unspecified atom stereocenters. The molecule has 16 heteroatoms. The lowest BCUT2D eigenvalue weighted by atomic mass is 10.0. The minimum atomic E-state index is -1.39. The monoisotopic (exact) mass is 574 g/mol. The number of nitrogens with zero attached hydrogens (tertiary/aromatic N) is 4. The highest BCUT2D eigenvalue weighted by molar-refractivity contribution is 8.00. The van der Waals surface area contributed by atoms with E-state index in [0.717, 1.165) is 28.4 Å². The van der Waals surface area contributed by atoms with E-state index in [-0.39, 0.29) is 52.1 Å². The number of amides is 3. The highest BCUT2D eigenvalue weighted by Gasteiger charge is 2.54. The first kappa shape index (κ1) is 26.2. The van der Waals surface area contributed by atoms with Gasteiger partial charge >= 0.3 is 5.97 Å². The van der Waals surface area contributed by atoms with Crippen LogP contribution in [0.3, 0.4) is 0 Å². The number of β-lactam (4-membered cyclic amide) rings is 1. The largest absolute Gasteiger partial charge is 0.505 e. The number of nitrogens with one attached hydrogen (secondary N) is 1. The number of oxime groups is 1. The van der Waals surface area contributed by atoms with E-state index < -0.39 is 52.4 Å². The van der Waals surface area contributed by atoms with Crippen LogP contribution >= 0.6 is 23.1 Å². The topological polar surface area (TPSA) is 199 Å². The molecule has 0 bridgehead atoms. The predicted molar refractivity (Wildman–Crippen MR) is 138 cm³/mol. The van der Waals surface area contributed by atoms with E-state index in [2.05, 4.69) is 15.5 Å². The Bertz CT molecular complexity index is 1520. The maximum Gasteiger partial charge on any atom is 0.352 e. The standard InChI is InChI=1S/C23H19FN6O7S2/c24-12-6-11(1-2-14(12)31)29-4-3-9(19(29)33)5-10-7-38-21-16(20(34)30(21)17(10)22(35)36)27-18(32)15(28-37)13-8-39-23(25)26-13/h1-2,5-6,8,16,21,31,37H,3-4,7H2,(H2,25,26)(H,27,32)(H,35,36)/t16-,21-/m1/s1. The van der Waals surface area contributed by atoms with Crippen molar-refractivity contribution >= 4 is 63.3 Å². The summed E-state index contributed by atoms with van der Waals surface area (Å²) in [5.41, 5.74) is 5.56. The molecule has 5 rings (SSSR count). The van der Waals surface area contributed by atoms with Crippen LogP contribution in [0.1, 0.15) is 12.1 Å². The highest BCUT2D eigenvalue weighted by Crippen LogP contribution is 2.41. The molecule has 13 nitrogen and oxygen atoms in total. The van der Waals surface area contributed by atoms with E-state index in [1.807, 2.05) is 0 Å². The van der Waals surface area contributed by atoms with Gasteiger partial charge in [-0.05, 0) is 30.2 Å². The Hall–Kier alpha value is -4.44. The van der Waals surface area contributed by atoms with Crippen molar-refractivity contribution in [3.05, 3.63) is 58.0 Å². The summed E-state index contributed by atoms with van der Waals surface area (Å²) in [4.78, 5) is 57.0. The van der Waals surface area contributed by atoms with Gasteiger partial charge in [-0.1, -0.05) is 5.16 Å². The lowest BCUT2D eigenvalue weighted by Crippen LogP contribution is -2.71. The first-order valence-corrected chi connectivity index (χ1v) is 13.2. The minimum Gasteiger partial charge on any atom is -0.505 e. The van der Waals surface area contributed by atoms with E-state index in [1.54, 1.807) is 0 Å². The first-order chi connectivity index (χ1) is 18.6. The predicted octanol–water partition coefficient (Wildman–Crippen LogP) is 0.850. The summed E-state index contributed by atoms with van der Waals surface area (Å²) in [6, 6.07) is 2.47. The number of aliphatic carboxylic acids is 1. The van der Waals surface area contributed by atoms with Gasteiger partial charge in [0.1, 0.15) is 22.8 Å². The number of aromatic hydroxyl groups is 1. The van der Waals surface area contributed by atoms with E-state index in [1.165, 1.54) is 34.2 Å². The van der Waals surface area contributed by atoms with Gasteiger partial charge in [-0.15, -0.1) is 23.1 Å². The van der Waals surface area contributed by atoms with Gasteiger partial charge in [-0.25, -0.2) is 14.2 Å². The van der Waals surface area contributed by atoms with Crippen LogP contribution in [0.2, 0.25) is 0 Å². The van der Waals surface area contributed by atoms with Gasteiger partial charge < -0.3 is 31.4 Å². The number of carboxylic acid groups (broad SMARTS) is 1. The normalized spacial score (nSPS) is 22.3. The van der Waals surface area contributed by atoms with Crippen LogP contribution in [-0.4, -0.2) is 78.4 Å². The number of phenols is 1. The Labute approximate surface area is 227 Å². The summed E-state index contributed by atoms with van der Waals surface area (Å²) in [7, 11) is 0. The Morgan fingerprint density at radius 3 is 2.72 bits per heavy atom. The summed E-state index contributed by atoms with van der Waals surface area (Å²) in [6.07, 6.45) is 1.68. The number of thiazole rings is 1. The van der Waals surface area contributed by atoms with Gasteiger partial charge in [0.15, 0.2) is 22.4 Å². The van der Waals surface area contributed by atoms with Gasteiger partial charge in [0.25, 0.3) is 17.7 Å². The lowest BCUT2D eigenvalue weighted by molar-refractivity contribution is -0.150. The zero-order valence-electron chi connectivity index (χ0n) is 19.7. The zero-order chi connectivity index (χ0) is 28.0. The molecule has 1 aromatic heterocycles. The van der Waals surface area contributed by atoms with Crippen molar-refractivity contribution in [3.63, 3.8) is 0 Å². The Balaban J connectivity index is 1.35. The van der Waals surface area contributed by atoms with Crippen molar-refractivity contribution < 1.29 is 39.0 Å². The molecule has 2 aromatic rings. The smallest absolute Gasteiger partial charge is 0.352 e. The molecule has 0 aliphatic carbocycles. The van der Waals surface area contributed by atoms with Crippen molar-refractivity contribution in [2.24, 2.45) is 5.16 Å². The molecule has 202 valence electrons. The van der Waals surface area contributed by atoms with Crippen LogP contribution in [0.5, 0.6) is 5.75 Å². The molecule has 0 spiro atoms. The molecule has 2 fully saturated rings. The van der Waals surface area contributed by atoms with Crippen LogP contribution in [0.15, 0.2) is 51.7 Å². The molecule has 2 saturated heterocycles. The van der Waals surface area contributed by atoms with Gasteiger partial charge in [0.05, 0.1) is 0 Å². The van der Waals surface area contributed by atoms with Crippen LogP contribution in [0, 0.1) is 5.82 Å². The third-order valence-electron chi connectivity index (χ3n) is 6.28. The number of rotatable bonds is 6. The number of phenolic OH excluding ortho intramolecular Hbond substituents is 1. The second-order valence-electron chi connectivity index (χ2n) is 8.57. The quantitative estimate of drug-likeness (QED) is 0.108. The molecule has 3 aliphatic rings. The molecule has 3 aliphatic heterocycles. The number of aromatic nitrogens is 1. The number of nitrogen functional groups attached to an aromatic ring is 1. The fourth-order valence-electron chi connectivity index (χ4n) is 4.44. The van der Waals surface area contributed by atoms with Crippen molar-refractivity contribution in [1.82, 2.24) is 15.2 Å². The number of carbonyl (C=O) groups excluding carboxylic acids is 3. The molecule has 1 aromatic carbocycles. The van der Waals surface area contributed by atoms with Gasteiger partial charge in [0, 0.05) is 35.0 Å². The SMILES string of the molecule is Nc1nc(C(=NO)C(=O)N[C@@H]2C(=O)N3C(C(=O)O)=C(C=C4CCN(c5ccc(O)c(F)c5)C4=O)CS[C@H]23)cs1. The number of fused-ring (bicyclic) bond motifs is 1. The fourth-order valence-corrected chi connectivity index (χ4v) is 6.29. The minimum absolute atomic E-state index is 0.0165. The number of carboxylic acids is 1. The van der Waals surface area contributed by atoms with Gasteiger partial charge in [-0.2, -0.15) is 0 Å². The van der Waals surface area contributed by atoms with Crippen LogP contribution < -0.4 is 16.0 Å². The molecular formula is C23H19FN6O7S2. The van der Waals surface area contributed by atoms with E-state index in [0.29, 0.717) is 0 Å². The molecule has 0 radical (unpaired) electrons. The summed E-state index contributed by atoms with van der Waals surface area (Å²) >= 11 is 2.21. The number of hydrogen-bond donors (Lipinski definition) is 5. The van der Waals surface area contributed by atoms with Crippen LogP contribution in [0.25, 0.3) is 0 Å². The Morgan fingerprint density at radius 1 is 1.31 bits per heavy atom. The summed E-state index contributed by atoms with van der Waals surface area (Å²) < 4.78 is 13.8. The molecule has 6 N–H and O–H groups in total. The second-order valence-corrected chi connectivity index (χ2v) is 10.6. The van der Waals surface area contributed by atoms with Crippen molar-refractivity contribution in [2.45, 2.75) is 17.8 Å².